The van der Waals surface area contributed by atoms with Gasteiger partial charge in [0.25, 0.3) is 0 Å². The highest BCUT2D eigenvalue weighted by Gasteiger charge is 2.47. The minimum Gasteiger partial charge on any atom is -0.326 e. The van der Waals surface area contributed by atoms with Crippen LogP contribution in [0.5, 0.6) is 0 Å². The summed E-state index contributed by atoms with van der Waals surface area (Å²) in [5, 5.41) is 0. The Bertz CT molecular complexity index is 493. The zero-order valence-electron chi connectivity index (χ0n) is 12.1. The molecular weight excluding hydrogens is 224 g/mol. The van der Waals surface area contributed by atoms with E-state index in [0.29, 0.717) is 0 Å². The van der Waals surface area contributed by atoms with Gasteiger partial charge in [-0.3, -0.25) is 9.69 Å². The first-order valence-corrected chi connectivity index (χ1v) is 6.34. The van der Waals surface area contributed by atoms with Crippen molar-refractivity contribution >= 4 is 5.91 Å². The van der Waals surface area contributed by atoms with Gasteiger partial charge >= 0.3 is 0 Å². The molecule has 0 spiro atoms. The van der Waals surface area contributed by atoms with Gasteiger partial charge in [0.05, 0.1) is 5.66 Å². The summed E-state index contributed by atoms with van der Waals surface area (Å²) in [6.45, 7) is 8.33. The Labute approximate surface area is 109 Å². The van der Waals surface area contributed by atoms with Crippen molar-refractivity contribution in [3.05, 3.63) is 34.9 Å². The van der Waals surface area contributed by atoms with E-state index >= 15 is 0 Å². The van der Waals surface area contributed by atoms with Gasteiger partial charge in [-0.25, -0.2) is 0 Å². The van der Waals surface area contributed by atoms with Crippen LogP contribution < -0.4 is 0 Å². The molecule has 0 aromatic heterocycles. The Kier molecular flexibility index (Phi) is 2.98. The minimum absolute atomic E-state index is 0.163. The van der Waals surface area contributed by atoms with E-state index in [9.17, 15) is 4.79 Å². The molecule has 2 rings (SSSR count). The molecule has 1 aromatic carbocycles. The summed E-state index contributed by atoms with van der Waals surface area (Å²) in [5.41, 5.74) is 3.35. The van der Waals surface area contributed by atoms with Crippen molar-refractivity contribution in [2.24, 2.45) is 0 Å². The molecule has 0 radical (unpaired) electrons. The third-order valence-corrected chi connectivity index (χ3v) is 4.48. The van der Waals surface area contributed by atoms with Crippen LogP contribution in [0.4, 0.5) is 0 Å². The molecule has 0 bridgehead atoms. The van der Waals surface area contributed by atoms with Crippen molar-refractivity contribution in [2.45, 2.75) is 39.4 Å². The van der Waals surface area contributed by atoms with Crippen molar-refractivity contribution in [3.63, 3.8) is 0 Å². The van der Waals surface area contributed by atoms with Gasteiger partial charge in [-0.05, 0) is 51.4 Å². The van der Waals surface area contributed by atoms with Crippen LogP contribution in [0.1, 0.15) is 36.6 Å². The third kappa shape index (κ3) is 1.74. The summed E-state index contributed by atoms with van der Waals surface area (Å²) in [6.07, 6.45) is 0. The third-order valence-electron chi connectivity index (χ3n) is 4.48. The first-order valence-electron chi connectivity index (χ1n) is 6.34. The maximum absolute atomic E-state index is 12.4. The minimum atomic E-state index is -0.236. The van der Waals surface area contributed by atoms with Crippen LogP contribution in [0.15, 0.2) is 18.2 Å². The van der Waals surface area contributed by atoms with E-state index in [4.69, 9.17) is 0 Å². The van der Waals surface area contributed by atoms with Gasteiger partial charge in [0.1, 0.15) is 6.04 Å². The SMILES string of the molecule is Cc1ccc(C2C(=O)N(C)C(C)(C)N2C)cc1C. The number of carbonyl (C=O) groups is 1. The number of carbonyl (C=O) groups excluding carboxylic acids is 1. The van der Waals surface area contributed by atoms with Gasteiger partial charge in [-0.15, -0.1) is 0 Å². The molecule has 18 heavy (non-hydrogen) atoms. The number of likely N-dealkylation sites (N-methyl/N-ethyl adjacent to an activating group) is 2. The summed E-state index contributed by atoms with van der Waals surface area (Å²) in [4.78, 5) is 16.4. The monoisotopic (exact) mass is 246 g/mol. The molecule has 1 heterocycles. The lowest BCUT2D eigenvalue weighted by Gasteiger charge is -2.34. The van der Waals surface area contributed by atoms with Crippen molar-refractivity contribution in [3.8, 4) is 0 Å². The number of hydrogen-bond acceptors (Lipinski definition) is 2. The highest BCUT2D eigenvalue weighted by molar-refractivity contribution is 5.86. The van der Waals surface area contributed by atoms with Gasteiger partial charge in [-0.1, -0.05) is 18.2 Å². The van der Waals surface area contributed by atoms with E-state index in [2.05, 4.69) is 50.8 Å². The van der Waals surface area contributed by atoms with Crippen LogP contribution in [0.25, 0.3) is 0 Å². The molecule has 1 aliphatic heterocycles. The molecule has 3 heteroatoms. The quantitative estimate of drug-likeness (QED) is 0.760. The zero-order valence-corrected chi connectivity index (χ0v) is 12.1. The molecule has 0 saturated carbocycles. The number of amides is 1. The van der Waals surface area contributed by atoms with E-state index in [1.54, 1.807) is 0 Å². The Morgan fingerprint density at radius 2 is 1.72 bits per heavy atom. The summed E-state index contributed by atoms with van der Waals surface area (Å²) in [5.74, 6) is 0.172. The fourth-order valence-corrected chi connectivity index (χ4v) is 2.47. The van der Waals surface area contributed by atoms with Crippen LogP contribution >= 0.6 is 0 Å². The fourth-order valence-electron chi connectivity index (χ4n) is 2.47. The maximum Gasteiger partial charge on any atom is 0.245 e. The number of nitrogens with zero attached hydrogens (tertiary/aromatic N) is 2. The Balaban J connectivity index is 2.45. The number of benzene rings is 1. The molecule has 1 aromatic rings. The topological polar surface area (TPSA) is 23.6 Å². The van der Waals surface area contributed by atoms with Gasteiger partial charge < -0.3 is 4.90 Å². The lowest BCUT2D eigenvalue weighted by molar-refractivity contribution is -0.130. The molecule has 1 atom stereocenters. The standard InChI is InChI=1S/C15H22N2O/c1-10-7-8-12(9-11(10)2)13-14(18)17(6)15(3,4)16(13)5/h7-9,13H,1-6H3. The molecule has 1 saturated heterocycles. The molecule has 3 nitrogen and oxygen atoms in total. The number of aryl methyl sites for hydroxylation is 2. The van der Waals surface area contributed by atoms with Gasteiger partial charge in [0.2, 0.25) is 5.91 Å². The van der Waals surface area contributed by atoms with Crippen molar-refractivity contribution in [1.29, 1.82) is 0 Å². The Morgan fingerprint density at radius 3 is 2.17 bits per heavy atom. The highest BCUT2D eigenvalue weighted by atomic mass is 16.2. The maximum atomic E-state index is 12.4. The Morgan fingerprint density at radius 1 is 1.11 bits per heavy atom. The second-order valence-corrected chi connectivity index (χ2v) is 5.75. The first-order chi connectivity index (χ1) is 8.26. The highest BCUT2D eigenvalue weighted by Crippen LogP contribution is 2.37. The predicted octanol–water partition coefficient (Wildman–Crippen LogP) is 2.48. The molecule has 1 aliphatic rings. The normalized spacial score (nSPS) is 23.8. The average molecular weight is 246 g/mol. The van der Waals surface area contributed by atoms with Crippen LogP contribution in [0.2, 0.25) is 0 Å². The number of hydrogen-bond donors (Lipinski definition) is 0. The summed E-state index contributed by atoms with van der Waals surface area (Å²) < 4.78 is 0. The van der Waals surface area contributed by atoms with E-state index in [-0.39, 0.29) is 17.6 Å². The van der Waals surface area contributed by atoms with Gasteiger partial charge in [0, 0.05) is 7.05 Å². The van der Waals surface area contributed by atoms with Gasteiger partial charge in [0.15, 0.2) is 0 Å². The van der Waals surface area contributed by atoms with Crippen LogP contribution in [-0.2, 0) is 4.79 Å². The first kappa shape index (κ1) is 13.1. The predicted molar refractivity (Wildman–Crippen MR) is 73.3 cm³/mol. The second-order valence-electron chi connectivity index (χ2n) is 5.75. The molecular formula is C15H22N2O. The molecule has 1 unspecified atom stereocenters. The summed E-state index contributed by atoms with van der Waals surface area (Å²) in [6, 6.07) is 6.13. The van der Waals surface area contributed by atoms with E-state index < -0.39 is 0 Å². The lowest BCUT2D eigenvalue weighted by Crippen LogP contribution is -2.45. The Hall–Kier alpha value is -1.35. The molecule has 1 fully saturated rings. The lowest BCUT2D eigenvalue weighted by atomic mass is 10.00. The summed E-state index contributed by atoms with van der Waals surface area (Å²) >= 11 is 0. The van der Waals surface area contributed by atoms with Gasteiger partial charge in [-0.2, -0.15) is 0 Å². The molecule has 0 N–H and O–H groups in total. The zero-order chi connectivity index (χ0) is 13.7. The number of rotatable bonds is 1. The van der Waals surface area contributed by atoms with Crippen molar-refractivity contribution in [2.75, 3.05) is 14.1 Å². The van der Waals surface area contributed by atoms with E-state index in [1.165, 1.54) is 11.1 Å². The summed E-state index contributed by atoms with van der Waals surface area (Å²) in [7, 11) is 3.89. The van der Waals surface area contributed by atoms with Crippen LogP contribution in [-0.4, -0.2) is 35.5 Å². The fraction of sp³-hybridized carbons (Fsp3) is 0.533. The molecule has 0 aliphatic carbocycles. The van der Waals surface area contributed by atoms with E-state index in [0.717, 1.165) is 5.56 Å². The molecule has 1 amide bonds. The van der Waals surface area contributed by atoms with E-state index in [1.807, 2.05) is 19.0 Å². The van der Waals surface area contributed by atoms with Crippen molar-refractivity contribution in [1.82, 2.24) is 9.80 Å². The van der Waals surface area contributed by atoms with Crippen molar-refractivity contribution < 1.29 is 4.79 Å². The average Bonchev–Trinajstić information content (AvgIpc) is 2.45. The smallest absolute Gasteiger partial charge is 0.245 e. The van der Waals surface area contributed by atoms with Crippen LogP contribution in [0.3, 0.4) is 0 Å². The largest absolute Gasteiger partial charge is 0.326 e. The second kappa shape index (κ2) is 4.09. The molecule has 98 valence electrons. The van der Waals surface area contributed by atoms with Crippen LogP contribution in [0, 0.1) is 13.8 Å².